The van der Waals surface area contributed by atoms with Crippen molar-refractivity contribution in [2.24, 2.45) is 10.3 Å². The van der Waals surface area contributed by atoms with E-state index in [1.54, 1.807) is 18.8 Å². The van der Waals surface area contributed by atoms with E-state index >= 15 is 0 Å². The van der Waals surface area contributed by atoms with E-state index in [4.69, 9.17) is 0 Å². The molecule has 1 N–H and O–H groups in total. The molecular formula is C27H33N3S. The summed E-state index contributed by atoms with van der Waals surface area (Å²) in [6.45, 7) is 16.9. The number of thioether (sulfide) groups is 1. The van der Waals surface area contributed by atoms with Gasteiger partial charge in [-0.3, -0.25) is 5.43 Å². The topological polar surface area (TPSA) is 36.8 Å². The third-order valence-electron chi connectivity index (χ3n) is 5.03. The normalized spacial score (nSPS) is 11.9. The van der Waals surface area contributed by atoms with Crippen LogP contribution in [0.4, 0.5) is 0 Å². The van der Waals surface area contributed by atoms with E-state index in [-0.39, 0.29) is 0 Å². The van der Waals surface area contributed by atoms with Crippen molar-refractivity contribution in [2.45, 2.75) is 33.1 Å². The van der Waals surface area contributed by atoms with E-state index in [1.165, 1.54) is 21.6 Å². The molecule has 0 spiro atoms. The summed E-state index contributed by atoms with van der Waals surface area (Å²) in [4.78, 5) is 1.25. The van der Waals surface area contributed by atoms with E-state index < -0.39 is 0 Å². The van der Waals surface area contributed by atoms with E-state index in [9.17, 15) is 0 Å². The van der Waals surface area contributed by atoms with Gasteiger partial charge in [-0.1, -0.05) is 92.4 Å². The Morgan fingerprint density at radius 1 is 1.03 bits per heavy atom. The molecule has 31 heavy (non-hydrogen) atoms. The molecule has 0 bridgehead atoms. The first-order valence-electron chi connectivity index (χ1n) is 10.5. The maximum absolute atomic E-state index is 4.37. The number of benzene rings is 2. The molecule has 0 fully saturated rings. The Morgan fingerprint density at radius 2 is 1.71 bits per heavy atom. The van der Waals surface area contributed by atoms with Crippen molar-refractivity contribution in [1.29, 1.82) is 0 Å². The highest BCUT2D eigenvalue weighted by Crippen LogP contribution is 2.33. The van der Waals surface area contributed by atoms with Crippen molar-refractivity contribution in [2.75, 3.05) is 13.3 Å². The first-order valence-corrected chi connectivity index (χ1v) is 11.7. The van der Waals surface area contributed by atoms with Gasteiger partial charge in [-0.15, -0.1) is 11.8 Å². The Bertz CT molecular complexity index is 997. The van der Waals surface area contributed by atoms with Crippen molar-refractivity contribution in [3.8, 4) is 11.1 Å². The largest absolute Gasteiger partial charge is 0.260 e. The highest BCUT2D eigenvalue weighted by atomic mass is 32.2. The van der Waals surface area contributed by atoms with Crippen LogP contribution in [-0.2, 0) is 6.42 Å². The second kappa shape index (κ2) is 12.1. The summed E-state index contributed by atoms with van der Waals surface area (Å²) in [6.07, 6.45) is 5.06. The van der Waals surface area contributed by atoms with Crippen LogP contribution in [0.3, 0.4) is 0 Å². The average molecular weight is 432 g/mol. The molecule has 0 unspecified atom stereocenters. The molecule has 2 aromatic rings. The van der Waals surface area contributed by atoms with Crippen molar-refractivity contribution >= 4 is 17.5 Å². The van der Waals surface area contributed by atoms with Crippen LogP contribution in [0, 0.1) is 0 Å². The number of hydrogen-bond acceptors (Lipinski definition) is 3. The molecule has 0 saturated heterocycles. The molecular weight excluding hydrogens is 398 g/mol. The number of nitrogens with one attached hydrogen (secondary N) is 1. The van der Waals surface area contributed by atoms with Gasteiger partial charge < -0.3 is 0 Å². The van der Waals surface area contributed by atoms with E-state index in [0.717, 1.165) is 47.2 Å². The second-order valence-corrected chi connectivity index (χ2v) is 8.27. The molecule has 0 atom stereocenters. The smallest absolute Gasteiger partial charge is 0.0585 e. The zero-order chi connectivity index (χ0) is 22.8. The monoisotopic (exact) mass is 431 g/mol. The minimum atomic E-state index is 0.720. The summed E-state index contributed by atoms with van der Waals surface area (Å²) < 4.78 is 0. The van der Waals surface area contributed by atoms with Crippen LogP contribution in [0.1, 0.15) is 37.8 Å². The summed E-state index contributed by atoms with van der Waals surface area (Å²) in [7, 11) is 1.62. The molecule has 162 valence electrons. The van der Waals surface area contributed by atoms with Crippen LogP contribution in [0.25, 0.3) is 16.8 Å². The fourth-order valence-corrected chi connectivity index (χ4v) is 4.36. The van der Waals surface area contributed by atoms with Gasteiger partial charge >= 0.3 is 0 Å². The summed E-state index contributed by atoms with van der Waals surface area (Å²) in [5, 5.41) is 7.59. The second-order valence-electron chi connectivity index (χ2n) is 7.46. The molecule has 0 radical (unpaired) electrons. The van der Waals surface area contributed by atoms with Gasteiger partial charge in [0.05, 0.1) is 12.7 Å². The number of nitrogens with zero attached hydrogens (tertiary/aromatic N) is 2. The molecule has 0 saturated carbocycles. The van der Waals surface area contributed by atoms with Crippen LogP contribution >= 0.6 is 11.8 Å². The fourth-order valence-electron chi connectivity index (χ4n) is 3.55. The van der Waals surface area contributed by atoms with Crippen LogP contribution in [0.2, 0.25) is 0 Å². The SMILES string of the molecule is C=C(CCC)/C(Cc1ccc(-c2ccccc2C(=C)NN=NC)cc1)=C(\SC)C(=C)C. The Labute approximate surface area is 191 Å². The van der Waals surface area contributed by atoms with Crippen molar-refractivity contribution in [3.63, 3.8) is 0 Å². The van der Waals surface area contributed by atoms with Crippen molar-refractivity contribution in [3.05, 3.63) is 101 Å². The van der Waals surface area contributed by atoms with Crippen LogP contribution < -0.4 is 5.43 Å². The Hall–Kier alpha value is -2.85. The summed E-state index contributed by atoms with van der Waals surface area (Å²) in [5.41, 5.74) is 11.7. The minimum absolute atomic E-state index is 0.720. The van der Waals surface area contributed by atoms with Gasteiger partial charge in [-0.25, -0.2) is 0 Å². The highest BCUT2D eigenvalue weighted by molar-refractivity contribution is 8.02. The molecule has 0 aromatic heterocycles. The van der Waals surface area contributed by atoms with Crippen molar-refractivity contribution < 1.29 is 0 Å². The molecule has 0 aliphatic rings. The maximum Gasteiger partial charge on any atom is 0.0585 e. The van der Waals surface area contributed by atoms with Gasteiger partial charge in [0.1, 0.15) is 0 Å². The lowest BCUT2D eigenvalue weighted by atomic mass is 9.92. The van der Waals surface area contributed by atoms with E-state index in [0.29, 0.717) is 0 Å². The van der Waals surface area contributed by atoms with Gasteiger partial charge in [0.25, 0.3) is 0 Å². The third kappa shape index (κ3) is 6.56. The fraction of sp³-hybridized carbons (Fsp3) is 0.259. The lowest BCUT2D eigenvalue weighted by Crippen LogP contribution is -2.03. The predicted octanol–water partition coefficient (Wildman–Crippen LogP) is 8.00. The van der Waals surface area contributed by atoms with Gasteiger partial charge in [-0.05, 0) is 53.9 Å². The van der Waals surface area contributed by atoms with Crippen LogP contribution in [-0.4, -0.2) is 13.3 Å². The quantitative estimate of drug-likeness (QED) is 0.222. The minimum Gasteiger partial charge on any atom is -0.260 e. The number of rotatable bonds is 11. The van der Waals surface area contributed by atoms with E-state index in [2.05, 4.69) is 85.9 Å². The Kier molecular flexibility index (Phi) is 9.54. The average Bonchev–Trinajstić information content (AvgIpc) is 2.77. The highest BCUT2D eigenvalue weighted by Gasteiger charge is 2.13. The molecule has 0 aliphatic carbocycles. The summed E-state index contributed by atoms with van der Waals surface area (Å²) in [6, 6.07) is 16.9. The van der Waals surface area contributed by atoms with Gasteiger partial charge in [0.15, 0.2) is 0 Å². The standard InChI is InChI=1S/C27H33N3S/c1-8-11-20(4)26(27(31-7)19(2)3)18-22-14-16-23(17-15-22)25-13-10-9-12-24(25)21(5)29-30-28-6/h9-10,12-17H,2,4-5,8,11,18H2,1,3,6-7H3,(H,28,29)/b27-26-. The molecule has 0 heterocycles. The van der Waals surface area contributed by atoms with E-state index in [1.807, 2.05) is 18.2 Å². The summed E-state index contributed by atoms with van der Waals surface area (Å²) >= 11 is 1.76. The zero-order valence-corrected chi connectivity index (χ0v) is 20.0. The first kappa shape index (κ1) is 24.4. The lowest BCUT2D eigenvalue weighted by molar-refractivity contribution is 0.873. The molecule has 2 rings (SSSR count). The number of allylic oxidation sites excluding steroid dienone is 3. The Balaban J connectivity index is 2.36. The van der Waals surface area contributed by atoms with Gasteiger partial charge in [-0.2, -0.15) is 5.11 Å². The van der Waals surface area contributed by atoms with Gasteiger partial charge in [0.2, 0.25) is 0 Å². The number of hydrogen-bond donors (Lipinski definition) is 1. The zero-order valence-electron chi connectivity index (χ0n) is 19.2. The lowest BCUT2D eigenvalue weighted by Gasteiger charge is -2.17. The third-order valence-corrected chi connectivity index (χ3v) is 6.03. The van der Waals surface area contributed by atoms with Crippen molar-refractivity contribution in [1.82, 2.24) is 5.43 Å². The predicted molar refractivity (Wildman–Crippen MR) is 138 cm³/mol. The molecule has 4 heteroatoms. The maximum atomic E-state index is 4.37. The first-order chi connectivity index (χ1) is 14.9. The molecule has 0 amide bonds. The Morgan fingerprint density at radius 3 is 2.29 bits per heavy atom. The summed E-state index contributed by atoms with van der Waals surface area (Å²) in [5.74, 6) is 0. The van der Waals surface area contributed by atoms with Crippen LogP contribution in [0.15, 0.2) is 100 Å². The van der Waals surface area contributed by atoms with Crippen LogP contribution in [0.5, 0.6) is 0 Å². The van der Waals surface area contributed by atoms with Gasteiger partial charge in [0, 0.05) is 10.5 Å². The molecule has 0 aliphatic heterocycles. The molecule has 2 aromatic carbocycles. The molecule has 3 nitrogen and oxygen atoms in total.